The topological polar surface area (TPSA) is 107 Å². The number of nitrogens with one attached hydrogen (secondary N) is 1. The number of hydrogen-bond donors (Lipinski definition) is 2. The summed E-state index contributed by atoms with van der Waals surface area (Å²) in [4.78, 5) is 12.5. The second-order valence-electron chi connectivity index (χ2n) is 5.58. The predicted octanol–water partition coefficient (Wildman–Crippen LogP) is 2.09. The van der Waals surface area contributed by atoms with Crippen LogP contribution in [0.1, 0.15) is 6.92 Å². The molecule has 9 heteroatoms. The fourth-order valence-electron chi connectivity index (χ4n) is 2.45. The molecule has 0 fully saturated rings. The zero-order valence-corrected chi connectivity index (χ0v) is 14.5. The largest absolute Gasteiger partial charge is 0.274 e. The molecule has 0 aliphatic rings. The molecule has 0 aliphatic carbocycles. The van der Waals surface area contributed by atoms with Crippen molar-refractivity contribution in [2.24, 2.45) is 5.14 Å². The minimum atomic E-state index is -3.80. The summed E-state index contributed by atoms with van der Waals surface area (Å²) in [6.07, 6.45) is 1.59. The molecule has 0 bridgehead atoms. The number of aromatic nitrogens is 2. The maximum absolute atomic E-state index is 13.2. The number of carbonyl (C=O) groups excluding carboxylic acids is 1. The molecule has 0 aliphatic heterocycles. The van der Waals surface area contributed by atoms with Gasteiger partial charge in [-0.15, -0.1) is 0 Å². The molecule has 3 aromatic rings. The van der Waals surface area contributed by atoms with Crippen LogP contribution in [-0.2, 0) is 14.8 Å². The maximum Gasteiger partial charge on any atom is 0.238 e. The van der Waals surface area contributed by atoms with Crippen LogP contribution in [0.3, 0.4) is 0 Å². The van der Waals surface area contributed by atoms with Crippen LogP contribution in [0.25, 0.3) is 22.4 Å². The van der Waals surface area contributed by atoms with Crippen molar-refractivity contribution < 1.29 is 17.6 Å². The molecule has 7 nitrogen and oxygen atoms in total. The number of rotatable bonds is 4. The fourth-order valence-corrected chi connectivity index (χ4v) is 2.96. The summed E-state index contributed by atoms with van der Waals surface area (Å²) < 4.78 is 36.0. The summed E-state index contributed by atoms with van der Waals surface area (Å²) in [5.74, 6) is -0.684. The van der Waals surface area contributed by atoms with Gasteiger partial charge in [0, 0.05) is 18.1 Å². The first-order chi connectivity index (χ1) is 12.2. The molecule has 0 saturated carbocycles. The number of benzene rings is 2. The van der Waals surface area contributed by atoms with Gasteiger partial charge in [0.1, 0.15) is 11.5 Å². The lowest BCUT2D eigenvalue weighted by Crippen LogP contribution is -2.20. The van der Waals surface area contributed by atoms with Gasteiger partial charge in [-0.3, -0.25) is 4.79 Å². The Balaban J connectivity index is 2.11. The van der Waals surface area contributed by atoms with Crippen molar-refractivity contribution in [3.8, 4) is 22.4 Å². The predicted molar refractivity (Wildman–Crippen MR) is 94.5 cm³/mol. The van der Waals surface area contributed by atoms with E-state index in [0.29, 0.717) is 22.4 Å². The Hall–Kier alpha value is -3.04. The normalized spacial score (nSPS) is 11.3. The Kier molecular flexibility index (Phi) is 4.58. The molecule has 0 unspecified atom stereocenters. The van der Waals surface area contributed by atoms with E-state index in [9.17, 15) is 17.6 Å². The molecule has 0 atom stereocenters. The van der Waals surface area contributed by atoms with Crippen molar-refractivity contribution in [2.45, 2.75) is 11.8 Å². The molecule has 134 valence electrons. The van der Waals surface area contributed by atoms with E-state index in [2.05, 4.69) is 10.5 Å². The van der Waals surface area contributed by atoms with Gasteiger partial charge in [0.15, 0.2) is 0 Å². The van der Waals surface area contributed by atoms with Gasteiger partial charge in [-0.05, 0) is 29.8 Å². The minimum absolute atomic E-state index is 0.0223. The van der Waals surface area contributed by atoms with E-state index in [0.717, 1.165) is 0 Å². The third-order valence-electron chi connectivity index (χ3n) is 3.60. The molecule has 2 aromatic carbocycles. The van der Waals surface area contributed by atoms with E-state index in [1.807, 2.05) is 0 Å². The maximum atomic E-state index is 13.2. The van der Waals surface area contributed by atoms with Gasteiger partial charge >= 0.3 is 0 Å². The highest BCUT2D eigenvalue weighted by Gasteiger charge is 2.15. The second kappa shape index (κ2) is 6.70. The van der Waals surface area contributed by atoms with Crippen molar-refractivity contribution in [2.75, 3.05) is 5.43 Å². The van der Waals surface area contributed by atoms with E-state index in [1.54, 1.807) is 30.5 Å². The average Bonchev–Trinajstić information content (AvgIpc) is 2.98. The smallest absolute Gasteiger partial charge is 0.238 e. The first-order valence-electron chi connectivity index (χ1n) is 7.50. The van der Waals surface area contributed by atoms with Crippen LogP contribution in [0.15, 0.2) is 59.6 Å². The highest BCUT2D eigenvalue weighted by atomic mass is 32.2. The molecule has 26 heavy (non-hydrogen) atoms. The molecule has 0 saturated heterocycles. The van der Waals surface area contributed by atoms with Gasteiger partial charge in [-0.25, -0.2) is 23.4 Å². The Morgan fingerprint density at radius 1 is 1.08 bits per heavy atom. The fraction of sp³-hybridized carbons (Fsp3) is 0.0588. The van der Waals surface area contributed by atoms with Gasteiger partial charge in [-0.1, -0.05) is 24.3 Å². The number of nitrogens with two attached hydrogens (primary N) is 1. The summed E-state index contributed by atoms with van der Waals surface area (Å²) in [6, 6.07) is 11.7. The van der Waals surface area contributed by atoms with E-state index in [4.69, 9.17) is 5.14 Å². The molecular formula is C17H15FN4O3S. The summed E-state index contributed by atoms with van der Waals surface area (Å²) >= 11 is 0. The number of amides is 1. The lowest BCUT2D eigenvalue weighted by Gasteiger charge is -2.04. The van der Waals surface area contributed by atoms with Crippen LogP contribution in [0.5, 0.6) is 0 Å². The number of halogens is 1. The molecule has 3 N–H and O–H groups in total. The standard InChI is InChI=1S/C17H15FN4O3S/c1-11(23)20-22-10-16(12-2-6-14(18)7-3-12)17(21-22)13-4-8-15(9-5-13)26(19,24)25/h2-10H,1H3,(H,20,23)(H2,19,24,25). The molecule has 0 radical (unpaired) electrons. The van der Waals surface area contributed by atoms with Crippen LogP contribution in [0.2, 0.25) is 0 Å². The molecule has 3 rings (SSSR count). The number of carbonyl (C=O) groups is 1. The zero-order valence-electron chi connectivity index (χ0n) is 13.7. The first-order valence-corrected chi connectivity index (χ1v) is 9.05. The van der Waals surface area contributed by atoms with Crippen LogP contribution >= 0.6 is 0 Å². The highest BCUT2D eigenvalue weighted by molar-refractivity contribution is 7.89. The average molecular weight is 374 g/mol. The van der Waals surface area contributed by atoms with Crippen LogP contribution in [-0.4, -0.2) is 24.2 Å². The second-order valence-corrected chi connectivity index (χ2v) is 7.14. The molecule has 1 aromatic heterocycles. The first kappa shape index (κ1) is 17.8. The van der Waals surface area contributed by atoms with Crippen molar-refractivity contribution in [1.82, 2.24) is 9.89 Å². The van der Waals surface area contributed by atoms with E-state index < -0.39 is 10.0 Å². The lowest BCUT2D eigenvalue weighted by molar-refractivity contribution is -0.115. The number of primary sulfonamides is 1. The lowest BCUT2D eigenvalue weighted by atomic mass is 10.0. The van der Waals surface area contributed by atoms with Gasteiger partial charge < -0.3 is 0 Å². The Morgan fingerprint density at radius 2 is 1.65 bits per heavy atom. The van der Waals surface area contributed by atoms with Crippen molar-refractivity contribution >= 4 is 15.9 Å². The molecular weight excluding hydrogens is 359 g/mol. The van der Waals surface area contributed by atoms with E-state index in [-0.39, 0.29) is 16.6 Å². The van der Waals surface area contributed by atoms with Crippen LogP contribution < -0.4 is 10.6 Å². The number of nitrogens with zero attached hydrogens (tertiary/aromatic N) is 2. The third-order valence-corrected chi connectivity index (χ3v) is 4.53. The summed E-state index contributed by atoms with van der Waals surface area (Å²) in [5.41, 5.74) is 4.96. The molecule has 1 heterocycles. The van der Waals surface area contributed by atoms with Gasteiger partial charge in [-0.2, -0.15) is 9.89 Å². The van der Waals surface area contributed by atoms with Gasteiger partial charge in [0.2, 0.25) is 15.9 Å². The van der Waals surface area contributed by atoms with Gasteiger partial charge in [0.05, 0.1) is 11.1 Å². The van der Waals surface area contributed by atoms with Crippen LogP contribution in [0, 0.1) is 5.82 Å². The summed E-state index contributed by atoms with van der Waals surface area (Å²) in [6.45, 7) is 1.35. The van der Waals surface area contributed by atoms with E-state index in [1.165, 1.54) is 36.0 Å². The van der Waals surface area contributed by atoms with Crippen molar-refractivity contribution in [3.05, 3.63) is 60.5 Å². The summed E-state index contributed by atoms with van der Waals surface area (Å²) in [7, 11) is -3.80. The number of hydrogen-bond acceptors (Lipinski definition) is 4. The molecule has 1 amide bonds. The Morgan fingerprint density at radius 3 is 2.19 bits per heavy atom. The Labute approximate surface area is 149 Å². The Bertz CT molecular complexity index is 1060. The van der Waals surface area contributed by atoms with Crippen LogP contribution in [0.4, 0.5) is 4.39 Å². The van der Waals surface area contributed by atoms with Crippen molar-refractivity contribution in [3.63, 3.8) is 0 Å². The third kappa shape index (κ3) is 3.79. The molecule has 0 spiro atoms. The quantitative estimate of drug-likeness (QED) is 0.729. The monoisotopic (exact) mass is 374 g/mol. The SMILES string of the molecule is CC(=O)Nn1cc(-c2ccc(F)cc2)c(-c2ccc(S(N)(=O)=O)cc2)n1. The highest BCUT2D eigenvalue weighted by Crippen LogP contribution is 2.31. The zero-order chi connectivity index (χ0) is 18.9. The van der Waals surface area contributed by atoms with Crippen molar-refractivity contribution in [1.29, 1.82) is 0 Å². The minimum Gasteiger partial charge on any atom is -0.274 e. The van der Waals surface area contributed by atoms with Gasteiger partial charge in [0.25, 0.3) is 0 Å². The number of sulfonamides is 1. The van der Waals surface area contributed by atoms with E-state index >= 15 is 0 Å². The summed E-state index contributed by atoms with van der Waals surface area (Å²) in [5, 5.41) is 9.43.